The lowest BCUT2D eigenvalue weighted by Gasteiger charge is -2.08. The molecule has 20 heavy (non-hydrogen) atoms. The number of amides is 1. The summed E-state index contributed by atoms with van der Waals surface area (Å²) in [5.41, 5.74) is 0.661. The molecule has 7 heteroatoms. The van der Waals surface area contributed by atoms with Crippen LogP contribution in [0.15, 0.2) is 18.2 Å². The van der Waals surface area contributed by atoms with Crippen LogP contribution in [-0.2, 0) is 4.74 Å². The fraction of sp³-hybridized carbons (Fsp3) is 0.462. The maximum Gasteiger partial charge on any atom is 0.273 e. The Kier molecular flexibility index (Phi) is 6.61. The third-order valence-corrected chi connectivity index (χ3v) is 2.82. The first-order valence-corrected chi connectivity index (χ1v) is 6.29. The van der Waals surface area contributed by atoms with E-state index in [1.54, 1.807) is 20.1 Å². The van der Waals surface area contributed by atoms with Gasteiger partial charge >= 0.3 is 0 Å². The number of hydrogen-bond donors (Lipinski definition) is 2. The molecular formula is C13H19N3O4. The Morgan fingerprint density at radius 2 is 2.10 bits per heavy atom. The van der Waals surface area contributed by atoms with E-state index in [9.17, 15) is 14.9 Å². The van der Waals surface area contributed by atoms with Crippen molar-refractivity contribution in [1.29, 1.82) is 0 Å². The van der Waals surface area contributed by atoms with E-state index in [1.165, 1.54) is 12.1 Å². The van der Waals surface area contributed by atoms with Crippen molar-refractivity contribution >= 4 is 11.6 Å². The van der Waals surface area contributed by atoms with Gasteiger partial charge in [0.15, 0.2) is 0 Å². The van der Waals surface area contributed by atoms with Gasteiger partial charge in [0.2, 0.25) is 0 Å². The van der Waals surface area contributed by atoms with Crippen molar-refractivity contribution in [3.63, 3.8) is 0 Å². The summed E-state index contributed by atoms with van der Waals surface area (Å²) < 4.78 is 4.88. The van der Waals surface area contributed by atoms with Crippen LogP contribution in [0.3, 0.4) is 0 Å². The molecule has 0 saturated heterocycles. The number of hydrogen-bond acceptors (Lipinski definition) is 5. The summed E-state index contributed by atoms with van der Waals surface area (Å²) in [6.45, 7) is 3.96. The summed E-state index contributed by atoms with van der Waals surface area (Å²) in [5, 5.41) is 16.6. The van der Waals surface area contributed by atoms with Crippen LogP contribution in [0.2, 0.25) is 0 Å². The predicted molar refractivity (Wildman–Crippen MR) is 74.9 cm³/mol. The van der Waals surface area contributed by atoms with Crippen molar-refractivity contribution in [3.05, 3.63) is 39.4 Å². The van der Waals surface area contributed by atoms with Crippen LogP contribution in [0.25, 0.3) is 0 Å². The molecule has 0 aromatic heterocycles. The molecule has 7 nitrogen and oxygen atoms in total. The summed E-state index contributed by atoms with van der Waals surface area (Å²) in [5.74, 6) is -0.306. The molecule has 110 valence electrons. The van der Waals surface area contributed by atoms with E-state index in [4.69, 9.17) is 4.74 Å². The Hall–Kier alpha value is -1.99. The van der Waals surface area contributed by atoms with Crippen molar-refractivity contribution in [2.24, 2.45) is 0 Å². The smallest absolute Gasteiger partial charge is 0.273 e. The molecule has 0 radical (unpaired) electrons. The highest BCUT2D eigenvalue weighted by molar-refractivity contribution is 5.96. The second-order valence-electron chi connectivity index (χ2n) is 4.21. The van der Waals surface area contributed by atoms with Crippen LogP contribution in [0, 0.1) is 17.0 Å². The molecule has 0 atom stereocenters. The Morgan fingerprint density at radius 1 is 1.35 bits per heavy atom. The summed E-state index contributed by atoms with van der Waals surface area (Å²) in [6, 6.07) is 4.48. The number of benzene rings is 1. The SMILES string of the molecule is COCCNCCNC(=O)c1cccc([N+](=O)[O-])c1C. The second kappa shape index (κ2) is 8.23. The van der Waals surface area contributed by atoms with Crippen molar-refractivity contribution in [1.82, 2.24) is 10.6 Å². The number of nitrogens with one attached hydrogen (secondary N) is 2. The molecule has 1 amide bonds. The van der Waals surface area contributed by atoms with Crippen LogP contribution in [0.5, 0.6) is 0 Å². The molecule has 0 fully saturated rings. The highest BCUT2D eigenvalue weighted by atomic mass is 16.6. The van der Waals surface area contributed by atoms with E-state index in [1.807, 2.05) is 0 Å². The summed E-state index contributed by atoms with van der Waals surface area (Å²) >= 11 is 0. The topological polar surface area (TPSA) is 93.5 Å². The lowest BCUT2D eigenvalue weighted by atomic mass is 10.1. The van der Waals surface area contributed by atoms with Gasteiger partial charge in [-0.1, -0.05) is 6.07 Å². The lowest BCUT2D eigenvalue weighted by Crippen LogP contribution is -2.33. The lowest BCUT2D eigenvalue weighted by molar-refractivity contribution is -0.385. The highest BCUT2D eigenvalue weighted by Crippen LogP contribution is 2.20. The van der Waals surface area contributed by atoms with Gasteiger partial charge in [-0.15, -0.1) is 0 Å². The standard InChI is InChI=1S/C13H19N3O4/c1-10-11(4-3-5-12(10)16(18)19)13(17)15-7-6-14-8-9-20-2/h3-5,14H,6-9H2,1-2H3,(H,15,17). The number of nitro groups is 1. The Balaban J connectivity index is 2.52. The average molecular weight is 281 g/mol. The molecule has 1 rings (SSSR count). The first kappa shape index (κ1) is 16.1. The van der Waals surface area contributed by atoms with Crippen molar-refractivity contribution in [3.8, 4) is 0 Å². The number of nitrogens with zero attached hydrogens (tertiary/aromatic N) is 1. The van der Waals surface area contributed by atoms with Gasteiger partial charge in [-0.3, -0.25) is 14.9 Å². The highest BCUT2D eigenvalue weighted by Gasteiger charge is 2.17. The molecule has 1 aromatic rings. The largest absolute Gasteiger partial charge is 0.383 e. The molecule has 0 heterocycles. The average Bonchev–Trinajstić information content (AvgIpc) is 2.42. The van der Waals surface area contributed by atoms with E-state index < -0.39 is 4.92 Å². The minimum atomic E-state index is -0.488. The number of nitro benzene ring substituents is 1. The van der Waals surface area contributed by atoms with Gasteiger partial charge in [-0.25, -0.2) is 0 Å². The maximum atomic E-state index is 11.9. The van der Waals surface area contributed by atoms with E-state index >= 15 is 0 Å². The molecule has 0 spiro atoms. The first-order valence-electron chi connectivity index (χ1n) is 6.29. The monoisotopic (exact) mass is 281 g/mol. The maximum absolute atomic E-state index is 11.9. The van der Waals surface area contributed by atoms with E-state index in [0.717, 1.165) is 0 Å². The van der Waals surface area contributed by atoms with Gasteiger partial charge in [0.1, 0.15) is 0 Å². The minimum Gasteiger partial charge on any atom is -0.383 e. The van der Waals surface area contributed by atoms with Crippen LogP contribution in [0.1, 0.15) is 15.9 Å². The quantitative estimate of drug-likeness (QED) is 0.419. The van der Waals surface area contributed by atoms with Crippen LogP contribution < -0.4 is 10.6 Å². The third-order valence-electron chi connectivity index (χ3n) is 2.82. The van der Waals surface area contributed by atoms with Crippen LogP contribution in [-0.4, -0.2) is 44.2 Å². The zero-order valence-electron chi connectivity index (χ0n) is 11.6. The Labute approximate surface area is 117 Å². The zero-order valence-corrected chi connectivity index (χ0v) is 11.6. The van der Waals surface area contributed by atoms with Crippen molar-refractivity contribution in [2.45, 2.75) is 6.92 Å². The molecule has 0 aliphatic rings. The summed E-state index contributed by atoms with van der Waals surface area (Å²) in [7, 11) is 1.62. The Morgan fingerprint density at radius 3 is 2.75 bits per heavy atom. The summed E-state index contributed by atoms with van der Waals surface area (Å²) in [6.07, 6.45) is 0. The van der Waals surface area contributed by atoms with Crippen molar-refractivity contribution < 1.29 is 14.5 Å². The molecule has 2 N–H and O–H groups in total. The number of carbonyl (C=O) groups excluding carboxylic acids is 1. The van der Waals surface area contributed by atoms with Crippen LogP contribution in [0.4, 0.5) is 5.69 Å². The van der Waals surface area contributed by atoms with Gasteiger partial charge in [-0.2, -0.15) is 0 Å². The van der Waals surface area contributed by atoms with Gasteiger partial charge in [-0.05, 0) is 13.0 Å². The molecule has 0 unspecified atom stereocenters. The number of methoxy groups -OCH3 is 1. The van der Waals surface area contributed by atoms with Gasteiger partial charge in [0.25, 0.3) is 11.6 Å². The Bertz CT molecular complexity index is 477. The molecule has 0 aliphatic carbocycles. The molecule has 1 aromatic carbocycles. The van der Waals surface area contributed by atoms with E-state index in [2.05, 4.69) is 10.6 Å². The van der Waals surface area contributed by atoms with E-state index in [-0.39, 0.29) is 11.6 Å². The summed E-state index contributed by atoms with van der Waals surface area (Å²) in [4.78, 5) is 22.3. The molecule has 0 bridgehead atoms. The normalized spacial score (nSPS) is 10.3. The molecular weight excluding hydrogens is 262 g/mol. The first-order chi connectivity index (χ1) is 9.57. The fourth-order valence-corrected chi connectivity index (χ4v) is 1.73. The molecule has 0 aliphatic heterocycles. The molecule has 0 saturated carbocycles. The number of carbonyl (C=O) groups is 1. The fourth-order valence-electron chi connectivity index (χ4n) is 1.73. The number of rotatable bonds is 8. The zero-order chi connectivity index (χ0) is 15.0. The van der Waals surface area contributed by atoms with Crippen LogP contribution >= 0.6 is 0 Å². The predicted octanol–water partition coefficient (Wildman–Crippen LogP) is 0.869. The number of ether oxygens (including phenoxy) is 1. The van der Waals surface area contributed by atoms with Gasteiger partial charge in [0, 0.05) is 43.9 Å². The van der Waals surface area contributed by atoms with Gasteiger partial charge in [0.05, 0.1) is 11.5 Å². The minimum absolute atomic E-state index is 0.0455. The van der Waals surface area contributed by atoms with Gasteiger partial charge < -0.3 is 15.4 Å². The second-order valence-corrected chi connectivity index (χ2v) is 4.21. The third kappa shape index (κ3) is 4.60. The van der Waals surface area contributed by atoms with E-state index in [0.29, 0.717) is 37.4 Å². The van der Waals surface area contributed by atoms with Crippen molar-refractivity contribution in [2.75, 3.05) is 33.4 Å².